The Morgan fingerprint density at radius 3 is 0.873 bits per heavy atom. The molecule has 20 aromatic rings. The molecule has 0 aliphatic heterocycles. The molecule has 2 aliphatic carbocycles. The third-order valence-corrected chi connectivity index (χ3v) is 24.4. The van der Waals surface area contributed by atoms with Crippen molar-refractivity contribution in [1.82, 2.24) is 0 Å². The van der Waals surface area contributed by atoms with E-state index in [1.165, 1.54) is 220 Å². The smallest absolute Gasteiger partial charge is 0.0165 e. The minimum absolute atomic E-state index is 0.103. The van der Waals surface area contributed by atoms with Gasteiger partial charge in [-0.05, 0) is 244 Å². The molecule has 0 atom stereocenters. The van der Waals surface area contributed by atoms with Gasteiger partial charge >= 0.3 is 0 Å². The largest absolute Gasteiger partial charge is 0.0616 e. The molecule has 110 heavy (non-hydrogen) atoms. The second kappa shape index (κ2) is 25.6. The van der Waals surface area contributed by atoms with Crippen LogP contribution in [0.1, 0.15) is 49.9 Å². The zero-order chi connectivity index (χ0) is 73.3. The monoisotopic (exact) mass is 1400 g/mol. The summed E-state index contributed by atoms with van der Waals surface area (Å²) in [6, 6.07) is 144. The lowest BCUT2D eigenvalue weighted by atomic mass is 9.80. The molecule has 0 saturated heterocycles. The van der Waals surface area contributed by atoms with Crippen LogP contribution in [0, 0.1) is 0 Å². The molecule has 0 N–H and O–H groups in total. The minimum Gasteiger partial charge on any atom is -0.0616 e. The van der Waals surface area contributed by atoms with Crippen molar-refractivity contribution < 1.29 is 0 Å². The van der Waals surface area contributed by atoms with Gasteiger partial charge in [0.2, 0.25) is 0 Å². The first-order valence-corrected chi connectivity index (χ1v) is 38.7. The van der Waals surface area contributed by atoms with Crippen LogP contribution in [-0.2, 0) is 10.8 Å². The average molecular weight is 1400 g/mol. The van der Waals surface area contributed by atoms with Crippen molar-refractivity contribution in [3.05, 3.63) is 411 Å². The highest BCUT2D eigenvalue weighted by Gasteiger charge is 2.40. The molecule has 0 unspecified atom stereocenters. The first-order chi connectivity index (χ1) is 54.1. The Kier molecular flexibility index (Phi) is 15.1. The van der Waals surface area contributed by atoms with Crippen LogP contribution in [-0.4, -0.2) is 0 Å². The maximum Gasteiger partial charge on any atom is 0.0165 e. The third kappa shape index (κ3) is 10.3. The molecule has 0 spiro atoms. The standard InChI is InChI=1S/2C55H38/c1-55(2)50-27-13-26-43(53(50)49-33-32-36-15-4-6-20-44(36)54(49)55)39-17-11-18-40(34-39)52-47-23-9-7-21-45(47)51(46-22-8-10-24-48(46)52)38-30-28-37(29-31-38)42-25-12-16-35-14-3-5-19-41(35)42;1-55(2)50-27-13-26-43(53(50)49-31-30-36-15-5-6-21-44(36)54(49)55)40-18-12-20-42(34-40)52-47-24-9-7-22-45(47)51(46-23-8-10-25-48(46)52)41-19-11-17-38(33-41)39-29-28-35-14-3-4-16-37(35)32-39/h2*3-34H,1-2H3. The van der Waals surface area contributed by atoms with Crippen LogP contribution in [0.3, 0.4) is 0 Å². The van der Waals surface area contributed by atoms with E-state index in [1.807, 2.05) is 0 Å². The summed E-state index contributed by atoms with van der Waals surface area (Å²) in [5, 5.41) is 20.5. The van der Waals surface area contributed by atoms with Crippen molar-refractivity contribution in [2.75, 3.05) is 0 Å². The van der Waals surface area contributed by atoms with E-state index in [4.69, 9.17) is 0 Å². The molecule has 0 heterocycles. The summed E-state index contributed by atoms with van der Waals surface area (Å²) < 4.78 is 0. The van der Waals surface area contributed by atoms with Crippen molar-refractivity contribution >= 4 is 86.2 Å². The highest BCUT2D eigenvalue weighted by atomic mass is 14.4. The average Bonchev–Trinajstić information content (AvgIpc) is 1.10. The third-order valence-electron chi connectivity index (χ3n) is 24.4. The lowest BCUT2D eigenvalue weighted by molar-refractivity contribution is 0.666. The molecule has 0 nitrogen and oxygen atoms in total. The van der Waals surface area contributed by atoms with E-state index in [2.05, 4.69) is 416 Å². The van der Waals surface area contributed by atoms with Gasteiger partial charge in [0.15, 0.2) is 0 Å². The van der Waals surface area contributed by atoms with Gasteiger partial charge in [-0.3, -0.25) is 0 Å². The summed E-state index contributed by atoms with van der Waals surface area (Å²) in [4.78, 5) is 0. The summed E-state index contributed by atoms with van der Waals surface area (Å²) in [5.74, 6) is 0. The van der Waals surface area contributed by atoms with E-state index in [1.54, 1.807) is 0 Å². The molecular weight excluding hydrogens is 1320 g/mol. The zero-order valence-corrected chi connectivity index (χ0v) is 62.0. The van der Waals surface area contributed by atoms with Crippen LogP contribution in [0.4, 0.5) is 0 Å². The molecule has 0 bridgehead atoms. The van der Waals surface area contributed by atoms with E-state index in [-0.39, 0.29) is 10.8 Å². The zero-order valence-electron chi connectivity index (χ0n) is 62.0. The Balaban J connectivity index is 0.000000140. The van der Waals surface area contributed by atoms with Crippen molar-refractivity contribution in [2.24, 2.45) is 0 Å². The van der Waals surface area contributed by atoms with Gasteiger partial charge in [-0.15, -0.1) is 0 Å². The van der Waals surface area contributed by atoms with Crippen LogP contribution in [0.2, 0.25) is 0 Å². The van der Waals surface area contributed by atoms with Gasteiger partial charge in [0.25, 0.3) is 0 Å². The molecule has 0 heteroatoms. The van der Waals surface area contributed by atoms with Crippen LogP contribution in [0.25, 0.3) is 197 Å². The normalized spacial score (nSPS) is 13.1. The predicted molar refractivity (Wildman–Crippen MR) is 472 cm³/mol. The number of hydrogen-bond donors (Lipinski definition) is 0. The van der Waals surface area contributed by atoms with Gasteiger partial charge in [-0.25, -0.2) is 0 Å². The topological polar surface area (TPSA) is 0 Å². The van der Waals surface area contributed by atoms with Crippen LogP contribution < -0.4 is 0 Å². The number of benzene rings is 20. The van der Waals surface area contributed by atoms with E-state index in [9.17, 15) is 0 Å². The van der Waals surface area contributed by atoms with Gasteiger partial charge in [0, 0.05) is 10.8 Å². The predicted octanol–water partition coefficient (Wildman–Crippen LogP) is 30.5. The Labute approximate surface area is 642 Å². The van der Waals surface area contributed by atoms with E-state index in [0.717, 1.165) is 0 Å². The fourth-order valence-corrected chi connectivity index (χ4v) is 19.5. The van der Waals surface area contributed by atoms with E-state index in [0.29, 0.717) is 0 Å². The Hall–Kier alpha value is -13.5. The van der Waals surface area contributed by atoms with E-state index >= 15 is 0 Å². The molecule has 20 aromatic carbocycles. The number of fused-ring (bicyclic) bond motifs is 16. The summed E-state index contributed by atoms with van der Waals surface area (Å²) in [5.41, 5.74) is 30.9. The molecule has 0 fully saturated rings. The second-order valence-corrected chi connectivity index (χ2v) is 31.2. The fraction of sp³-hybridized carbons (Fsp3) is 0.0545. The van der Waals surface area contributed by atoms with Crippen molar-refractivity contribution in [2.45, 2.75) is 38.5 Å². The molecule has 0 aromatic heterocycles. The fourth-order valence-electron chi connectivity index (χ4n) is 19.5. The van der Waals surface area contributed by atoms with Gasteiger partial charge < -0.3 is 0 Å². The van der Waals surface area contributed by atoms with Crippen LogP contribution >= 0.6 is 0 Å². The Bertz CT molecular complexity index is 7080. The maximum atomic E-state index is 2.43. The highest BCUT2D eigenvalue weighted by Crippen LogP contribution is 2.57. The summed E-state index contributed by atoms with van der Waals surface area (Å²) in [7, 11) is 0. The van der Waals surface area contributed by atoms with E-state index < -0.39 is 0 Å². The molecule has 0 radical (unpaired) electrons. The van der Waals surface area contributed by atoms with Gasteiger partial charge in [-0.1, -0.05) is 392 Å². The summed E-state index contributed by atoms with van der Waals surface area (Å²) in [6.07, 6.45) is 0. The minimum atomic E-state index is -0.104. The Morgan fingerprint density at radius 2 is 0.427 bits per heavy atom. The SMILES string of the molecule is CC1(C)c2cccc(-c3cccc(-c4c5ccccc5c(-c5ccc(-c6cccc7ccccc67)cc5)c5ccccc45)c3)c2-c2ccc3ccccc3c21.CC1(C)c2cccc(-c3cccc(-c4c5ccccc5c(-c5cccc(-c6ccc7ccccc7c6)c5)c5ccccc45)c3)c2-c2ccc3ccccc3c21. The number of rotatable bonds is 8. The highest BCUT2D eigenvalue weighted by molar-refractivity contribution is 6.23. The summed E-state index contributed by atoms with van der Waals surface area (Å²) >= 11 is 0. The van der Waals surface area contributed by atoms with Crippen LogP contribution in [0.5, 0.6) is 0 Å². The van der Waals surface area contributed by atoms with Crippen molar-refractivity contribution in [1.29, 1.82) is 0 Å². The van der Waals surface area contributed by atoms with Crippen molar-refractivity contribution in [3.8, 4) is 111 Å². The van der Waals surface area contributed by atoms with Gasteiger partial charge in [-0.2, -0.15) is 0 Å². The lowest BCUT2D eigenvalue weighted by Gasteiger charge is -2.23. The van der Waals surface area contributed by atoms with Crippen LogP contribution in [0.15, 0.2) is 388 Å². The van der Waals surface area contributed by atoms with Gasteiger partial charge in [0.05, 0.1) is 0 Å². The van der Waals surface area contributed by atoms with Crippen molar-refractivity contribution in [3.63, 3.8) is 0 Å². The first kappa shape index (κ1) is 64.8. The molecular formula is C110H76. The second-order valence-electron chi connectivity index (χ2n) is 31.2. The van der Waals surface area contributed by atoms with Gasteiger partial charge in [0.1, 0.15) is 0 Å². The molecule has 22 rings (SSSR count). The number of hydrogen-bond acceptors (Lipinski definition) is 0. The Morgan fingerprint density at radius 1 is 0.145 bits per heavy atom. The molecule has 2 aliphatic rings. The first-order valence-electron chi connectivity index (χ1n) is 38.7. The maximum absolute atomic E-state index is 2.43. The molecule has 516 valence electrons. The molecule has 0 saturated carbocycles. The molecule has 0 amide bonds. The summed E-state index contributed by atoms with van der Waals surface area (Å²) in [6.45, 7) is 9.56. The lowest BCUT2D eigenvalue weighted by Crippen LogP contribution is -2.15. The quantitative estimate of drug-likeness (QED) is 0.133.